The number of thiophene rings is 1. The largest absolute Gasteiger partial charge is 0.383 e. The van der Waals surface area contributed by atoms with Crippen molar-refractivity contribution in [3.05, 3.63) is 58.2 Å². The molecule has 0 saturated heterocycles. The summed E-state index contributed by atoms with van der Waals surface area (Å²) in [5.41, 5.74) is 1.80. The second-order valence-electron chi connectivity index (χ2n) is 6.66. The Kier molecular flexibility index (Phi) is 6.13. The summed E-state index contributed by atoms with van der Waals surface area (Å²) in [5, 5.41) is 22.0. The van der Waals surface area contributed by atoms with E-state index in [9.17, 15) is 9.50 Å². The number of aliphatic hydroxyl groups is 1. The molecule has 27 heavy (non-hydrogen) atoms. The van der Waals surface area contributed by atoms with Gasteiger partial charge in [-0.3, -0.25) is 0 Å². The number of H-pyrrole nitrogens is 1. The lowest BCUT2D eigenvalue weighted by Gasteiger charge is -2.21. The topological polar surface area (TPSA) is 72.4 Å². The van der Waals surface area contributed by atoms with E-state index in [-0.39, 0.29) is 12.4 Å². The summed E-state index contributed by atoms with van der Waals surface area (Å²) in [5.74, 6) is 0.423. The maximum absolute atomic E-state index is 13.3. The molecule has 0 bridgehead atoms. The third-order valence-electron chi connectivity index (χ3n) is 4.45. The maximum Gasteiger partial charge on any atom is 0.191 e. The standard InChI is InChI=1S/C20H25FN4OS/c1-3-22-19(25-13-20(2,26)15-7-9-27-12-15)23-8-6-14-11-24-18-10-16(21)4-5-17(14)18/h4-5,7,9-12,24,26H,3,6,8,13H2,1-2H3,(H2,22,23,25). The smallest absolute Gasteiger partial charge is 0.191 e. The summed E-state index contributed by atoms with van der Waals surface area (Å²) < 4.78 is 13.3. The number of hydrogen-bond donors (Lipinski definition) is 4. The van der Waals surface area contributed by atoms with Crippen LogP contribution in [0.25, 0.3) is 10.9 Å². The van der Waals surface area contributed by atoms with Crippen molar-refractivity contribution in [2.45, 2.75) is 25.9 Å². The highest BCUT2D eigenvalue weighted by molar-refractivity contribution is 7.08. The quantitative estimate of drug-likeness (QED) is 0.370. The zero-order chi connectivity index (χ0) is 19.3. The van der Waals surface area contributed by atoms with Gasteiger partial charge in [-0.1, -0.05) is 0 Å². The fourth-order valence-corrected chi connectivity index (χ4v) is 3.70. The highest BCUT2D eigenvalue weighted by Crippen LogP contribution is 2.23. The van der Waals surface area contributed by atoms with Gasteiger partial charge in [-0.25, -0.2) is 9.38 Å². The van der Waals surface area contributed by atoms with Crippen molar-refractivity contribution in [2.75, 3.05) is 19.6 Å². The van der Waals surface area contributed by atoms with E-state index in [1.165, 1.54) is 12.1 Å². The maximum atomic E-state index is 13.3. The fourth-order valence-electron chi connectivity index (χ4n) is 2.92. The molecule has 7 heteroatoms. The van der Waals surface area contributed by atoms with Crippen molar-refractivity contribution < 1.29 is 9.50 Å². The fraction of sp³-hybridized carbons (Fsp3) is 0.350. The number of nitrogens with one attached hydrogen (secondary N) is 3. The van der Waals surface area contributed by atoms with Gasteiger partial charge in [0, 0.05) is 30.2 Å². The van der Waals surface area contributed by atoms with Crippen LogP contribution in [-0.4, -0.2) is 35.7 Å². The van der Waals surface area contributed by atoms with Gasteiger partial charge in [-0.2, -0.15) is 11.3 Å². The van der Waals surface area contributed by atoms with Crippen LogP contribution in [0, 0.1) is 5.82 Å². The van der Waals surface area contributed by atoms with Crippen LogP contribution in [0.2, 0.25) is 0 Å². The van der Waals surface area contributed by atoms with Crippen LogP contribution in [0.1, 0.15) is 25.0 Å². The van der Waals surface area contributed by atoms with E-state index in [2.05, 4.69) is 20.6 Å². The van der Waals surface area contributed by atoms with E-state index in [4.69, 9.17) is 0 Å². The predicted octanol–water partition coefficient (Wildman–Crippen LogP) is 3.37. The third kappa shape index (κ3) is 4.87. The van der Waals surface area contributed by atoms with Crippen LogP contribution in [0.4, 0.5) is 4.39 Å². The van der Waals surface area contributed by atoms with Crippen molar-refractivity contribution in [3.8, 4) is 0 Å². The molecule has 4 N–H and O–H groups in total. The summed E-state index contributed by atoms with van der Waals surface area (Å²) in [6, 6.07) is 6.70. The molecule has 2 heterocycles. The first-order valence-electron chi connectivity index (χ1n) is 9.02. The molecule has 1 unspecified atom stereocenters. The Labute approximate surface area is 162 Å². The second-order valence-corrected chi connectivity index (χ2v) is 7.44. The molecule has 1 atom stereocenters. The zero-order valence-electron chi connectivity index (χ0n) is 15.6. The van der Waals surface area contributed by atoms with Gasteiger partial charge in [0.1, 0.15) is 11.4 Å². The molecule has 1 aromatic carbocycles. The second kappa shape index (κ2) is 8.54. The average molecular weight is 389 g/mol. The Morgan fingerprint density at radius 3 is 2.93 bits per heavy atom. The molecule has 0 aliphatic rings. The number of halogens is 1. The molecular formula is C20H25FN4OS. The van der Waals surface area contributed by atoms with Crippen molar-refractivity contribution in [3.63, 3.8) is 0 Å². The molecule has 3 rings (SSSR count). The molecule has 2 aromatic heterocycles. The van der Waals surface area contributed by atoms with Crippen LogP contribution in [0.5, 0.6) is 0 Å². The van der Waals surface area contributed by atoms with Gasteiger partial charge >= 0.3 is 0 Å². The van der Waals surface area contributed by atoms with Crippen LogP contribution in [-0.2, 0) is 12.0 Å². The Hall–Kier alpha value is -2.38. The molecule has 0 spiro atoms. The predicted molar refractivity (Wildman–Crippen MR) is 110 cm³/mol. The van der Waals surface area contributed by atoms with E-state index in [0.29, 0.717) is 12.5 Å². The Balaban J connectivity index is 1.60. The van der Waals surface area contributed by atoms with E-state index < -0.39 is 5.60 Å². The van der Waals surface area contributed by atoms with Gasteiger partial charge in [-0.05, 0) is 66.4 Å². The van der Waals surface area contributed by atoms with Crippen molar-refractivity contribution in [1.29, 1.82) is 0 Å². The van der Waals surface area contributed by atoms with Crippen LogP contribution < -0.4 is 10.6 Å². The summed E-state index contributed by atoms with van der Waals surface area (Å²) >= 11 is 1.56. The summed E-state index contributed by atoms with van der Waals surface area (Å²) in [7, 11) is 0. The SMILES string of the molecule is CCNC(=NCC(C)(O)c1ccsc1)NCCc1c[nH]c2cc(F)ccc12. The van der Waals surface area contributed by atoms with Crippen LogP contribution >= 0.6 is 11.3 Å². The number of rotatable bonds is 7. The number of aliphatic imine (C=N–C) groups is 1. The lowest BCUT2D eigenvalue weighted by Crippen LogP contribution is -2.39. The van der Waals surface area contributed by atoms with E-state index in [1.807, 2.05) is 29.9 Å². The van der Waals surface area contributed by atoms with Gasteiger partial charge in [0.25, 0.3) is 0 Å². The van der Waals surface area contributed by atoms with E-state index in [0.717, 1.165) is 35.0 Å². The molecular weight excluding hydrogens is 363 g/mol. The van der Waals surface area contributed by atoms with Crippen molar-refractivity contribution >= 4 is 28.2 Å². The summed E-state index contributed by atoms with van der Waals surface area (Å²) in [6.45, 7) is 5.45. The van der Waals surface area contributed by atoms with Crippen molar-refractivity contribution in [1.82, 2.24) is 15.6 Å². The number of aromatic amines is 1. The molecule has 144 valence electrons. The van der Waals surface area contributed by atoms with Gasteiger partial charge < -0.3 is 20.7 Å². The van der Waals surface area contributed by atoms with Crippen LogP contribution in [0.15, 0.2) is 46.2 Å². The minimum atomic E-state index is -0.997. The number of fused-ring (bicyclic) bond motifs is 1. The highest BCUT2D eigenvalue weighted by atomic mass is 32.1. The lowest BCUT2D eigenvalue weighted by molar-refractivity contribution is 0.0677. The number of hydrogen-bond acceptors (Lipinski definition) is 3. The molecule has 3 aromatic rings. The lowest BCUT2D eigenvalue weighted by atomic mass is 10.00. The van der Waals surface area contributed by atoms with Gasteiger partial charge in [0.05, 0.1) is 6.54 Å². The molecule has 0 fully saturated rings. The first-order valence-corrected chi connectivity index (χ1v) is 9.96. The van der Waals surface area contributed by atoms with Crippen LogP contribution in [0.3, 0.4) is 0 Å². The summed E-state index contributed by atoms with van der Waals surface area (Å²) in [6.07, 6.45) is 2.69. The van der Waals surface area contributed by atoms with Gasteiger partial charge in [0.2, 0.25) is 0 Å². The number of nitrogens with zero attached hydrogens (tertiary/aromatic N) is 1. The van der Waals surface area contributed by atoms with E-state index in [1.54, 1.807) is 24.3 Å². The molecule has 0 aliphatic carbocycles. The Morgan fingerprint density at radius 1 is 1.33 bits per heavy atom. The highest BCUT2D eigenvalue weighted by Gasteiger charge is 2.23. The van der Waals surface area contributed by atoms with Crippen molar-refractivity contribution in [2.24, 2.45) is 4.99 Å². The molecule has 0 saturated carbocycles. The Morgan fingerprint density at radius 2 is 2.19 bits per heavy atom. The first kappa shape index (κ1) is 19.4. The normalized spacial score (nSPS) is 14.3. The average Bonchev–Trinajstić information content (AvgIpc) is 3.30. The minimum Gasteiger partial charge on any atom is -0.383 e. The molecule has 0 radical (unpaired) electrons. The molecule has 0 aliphatic heterocycles. The number of aromatic nitrogens is 1. The minimum absolute atomic E-state index is 0.242. The molecule has 5 nitrogen and oxygen atoms in total. The van der Waals surface area contributed by atoms with Gasteiger partial charge in [-0.15, -0.1) is 0 Å². The number of benzene rings is 1. The zero-order valence-corrected chi connectivity index (χ0v) is 16.4. The number of guanidine groups is 1. The Bertz CT molecular complexity index is 902. The van der Waals surface area contributed by atoms with Gasteiger partial charge in [0.15, 0.2) is 5.96 Å². The molecule has 0 amide bonds. The summed E-state index contributed by atoms with van der Waals surface area (Å²) in [4.78, 5) is 7.63. The van der Waals surface area contributed by atoms with E-state index >= 15 is 0 Å². The first-order chi connectivity index (χ1) is 13.0. The third-order valence-corrected chi connectivity index (χ3v) is 5.13. The monoisotopic (exact) mass is 388 g/mol.